The van der Waals surface area contributed by atoms with Crippen LogP contribution in [-0.2, 0) is 49.9 Å². The standard InChI is InChI=1S/C34H33N3O5/c1-23-27(18-34(39)42-22-25-12-7-4-8-13-25)26(15-16-33(38)41-21-24-10-5-3-6-11-24)29(36-23)19-31-32(40-2)20-30(37-31)28-14-9-17-35-28/h3-14,17,19-20,35-36H,15-16,18,21-22H2,1-2H3/b31-19-. The molecule has 3 heterocycles. The molecule has 0 amide bonds. The van der Waals surface area contributed by atoms with Crippen molar-refractivity contribution < 1.29 is 23.8 Å². The number of aryl methyl sites for hydroxylation is 1. The van der Waals surface area contributed by atoms with Gasteiger partial charge in [0.1, 0.15) is 24.7 Å². The largest absolute Gasteiger partial charge is 0.494 e. The lowest BCUT2D eigenvalue weighted by Gasteiger charge is -2.09. The molecular formula is C34H33N3O5. The molecule has 42 heavy (non-hydrogen) atoms. The Balaban J connectivity index is 1.37. The van der Waals surface area contributed by atoms with Gasteiger partial charge in [0.25, 0.3) is 0 Å². The Hall–Kier alpha value is -5.11. The fraction of sp³-hybridized carbons (Fsp3) is 0.206. The van der Waals surface area contributed by atoms with Gasteiger partial charge in [-0.1, -0.05) is 60.7 Å². The first-order valence-corrected chi connectivity index (χ1v) is 13.8. The van der Waals surface area contributed by atoms with Crippen LogP contribution in [-0.4, -0.2) is 34.7 Å². The Morgan fingerprint density at radius 1 is 0.857 bits per heavy atom. The number of hydrogen-bond donors (Lipinski definition) is 2. The molecular weight excluding hydrogens is 530 g/mol. The van der Waals surface area contributed by atoms with Gasteiger partial charge in [0.15, 0.2) is 0 Å². The number of rotatable bonds is 12. The molecule has 0 unspecified atom stereocenters. The Morgan fingerprint density at radius 3 is 2.14 bits per heavy atom. The van der Waals surface area contributed by atoms with Crippen LogP contribution in [0.4, 0.5) is 0 Å². The highest BCUT2D eigenvalue weighted by atomic mass is 16.5. The van der Waals surface area contributed by atoms with E-state index in [1.54, 1.807) is 7.11 Å². The summed E-state index contributed by atoms with van der Waals surface area (Å²) >= 11 is 0. The van der Waals surface area contributed by atoms with Gasteiger partial charge in [-0.05, 0) is 53.8 Å². The van der Waals surface area contributed by atoms with Crippen LogP contribution in [0, 0.1) is 6.92 Å². The molecule has 214 valence electrons. The van der Waals surface area contributed by atoms with E-state index in [-0.39, 0.29) is 38.0 Å². The molecule has 8 heteroatoms. The van der Waals surface area contributed by atoms with E-state index >= 15 is 0 Å². The summed E-state index contributed by atoms with van der Waals surface area (Å²) in [6.07, 6.45) is 6.19. The predicted molar refractivity (Wildman–Crippen MR) is 160 cm³/mol. The van der Waals surface area contributed by atoms with E-state index in [9.17, 15) is 9.59 Å². The molecule has 1 aliphatic heterocycles. The van der Waals surface area contributed by atoms with Crippen molar-refractivity contribution in [2.75, 3.05) is 7.11 Å². The lowest BCUT2D eigenvalue weighted by Crippen LogP contribution is -2.11. The molecule has 0 bridgehead atoms. The number of hydrogen-bond acceptors (Lipinski definition) is 6. The summed E-state index contributed by atoms with van der Waals surface area (Å²) in [5.41, 5.74) is 7.31. The molecule has 2 aromatic heterocycles. The number of aromatic nitrogens is 2. The fourth-order valence-electron chi connectivity index (χ4n) is 4.81. The topological polar surface area (TPSA) is 106 Å². The van der Waals surface area contributed by atoms with Gasteiger partial charge in [-0.15, -0.1) is 0 Å². The zero-order chi connectivity index (χ0) is 29.3. The Bertz CT molecular complexity index is 1610. The van der Waals surface area contributed by atoms with Crippen molar-refractivity contribution in [2.24, 2.45) is 4.99 Å². The quantitative estimate of drug-likeness (QED) is 0.206. The number of nitrogens with one attached hydrogen (secondary N) is 2. The second kappa shape index (κ2) is 13.5. The van der Waals surface area contributed by atoms with Crippen LogP contribution in [0.15, 0.2) is 102 Å². The van der Waals surface area contributed by atoms with Gasteiger partial charge < -0.3 is 24.2 Å². The summed E-state index contributed by atoms with van der Waals surface area (Å²) in [6, 6.07) is 23.0. The molecule has 0 aliphatic carbocycles. The number of aliphatic imine (C=N–C) groups is 1. The molecule has 0 fully saturated rings. The molecule has 5 rings (SSSR count). The van der Waals surface area contributed by atoms with Gasteiger partial charge in [-0.2, -0.15) is 0 Å². The van der Waals surface area contributed by atoms with E-state index in [0.29, 0.717) is 17.9 Å². The molecule has 1 aliphatic rings. The number of nitrogens with zero attached hydrogens (tertiary/aromatic N) is 1. The Labute approximate surface area is 244 Å². The second-order valence-corrected chi connectivity index (χ2v) is 9.91. The molecule has 8 nitrogen and oxygen atoms in total. The maximum absolute atomic E-state index is 12.9. The zero-order valence-electron chi connectivity index (χ0n) is 23.7. The third kappa shape index (κ3) is 7.14. The van der Waals surface area contributed by atoms with E-state index in [1.807, 2.05) is 98.1 Å². The molecule has 0 saturated heterocycles. The van der Waals surface area contributed by atoms with Crippen molar-refractivity contribution in [1.29, 1.82) is 0 Å². The van der Waals surface area contributed by atoms with Gasteiger partial charge >= 0.3 is 11.9 Å². The number of aromatic amines is 2. The van der Waals surface area contributed by atoms with Crippen LogP contribution in [0.2, 0.25) is 0 Å². The van der Waals surface area contributed by atoms with E-state index in [2.05, 4.69) is 9.97 Å². The minimum absolute atomic E-state index is 0.0662. The summed E-state index contributed by atoms with van der Waals surface area (Å²) < 4.78 is 16.7. The third-order valence-electron chi connectivity index (χ3n) is 6.99. The van der Waals surface area contributed by atoms with Crippen molar-refractivity contribution in [1.82, 2.24) is 9.97 Å². The number of allylic oxidation sites excluding steroid dienone is 1. The molecule has 2 N–H and O–H groups in total. The molecule has 0 atom stereocenters. The summed E-state index contributed by atoms with van der Waals surface area (Å²) in [7, 11) is 1.60. The Morgan fingerprint density at radius 2 is 1.52 bits per heavy atom. The van der Waals surface area contributed by atoms with Crippen molar-refractivity contribution in [3.63, 3.8) is 0 Å². The number of benzene rings is 2. The smallest absolute Gasteiger partial charge is 0.310 e. The van der Waals surface area contributed by atoms with Gasteiger partial charge in [-0.25, -0.2) is 4.99 Å². The maximum Gasteiger partial charge on any atom is 0.310 e. The SMILES string of the molecule is COC1=CC(c2ccc[nH]2)=N/C1=C\c1[nH]c(C)c(CC(=O)OCc2ccccc2)c1CCC(=O)OCc1ccccc1. The van der Waals surface area contributed by atoms with Crippen molar-refractivity contribution >= 4 is 23.7 Å². The van der Waals surface area contributed by atoms with Crippen molar-refractivity contribution in [3.8, 4) is 0 Å². The molecule has 0 spiro atoms. The number of carbonyl (C=O) groups excluding carboxylic acids is 2. The maximum atomic E-state index is 12.9. The molecule has 0 radical (unpaired) electrons. The molecule has 0 saturated carbocycles. The highest BCUT2D eigenvalue weighted by molar-refractivity contribution is 6.11. The minimum atomic E-state index is -0.349. The first-order valence-electron chi connectivity index (χ1n) is 13.8. The highest BCUT2D eigenvalue weighted by Gasteiger charge is 2.22. The predicted octanol–water partition coefficient (Wildman–Crippen LogP) is 5.99. The summed E-state index contributed by atoms with van der Waals surface area (Å²) in [5.74, 6) is -0.0540. The highest BCUT2D eigenvalue weighted by Crippen LogP contribution is 2.29. The van der Waals surface area contributed by atoms with Crippen LogP contribution >= 0.6 is 0 Å². The molecule has 4 aromatic rings. The van der Waals surface area contributed by atoms with Gasteiger partial charge in [0.2, 0.25) is 0 Å². The average molecular weight is 564 g/mol. The fourth-order valence-corrected chi connectivity index (χ4v) is 4.81. The number of methoxy groups -OCH3 is 1. The minimum Gasteiger partial charge on any atom is -0.494 e. The van der Waals surface area contributed by atoms with Gasteiger partial charge in [0.05, 0.1) is 24.9 Å². The lowest BCUT2D eigenvalue weighted by molar-refractivity contribution is -0.145. The first-order chi connectivity index (χ1) is 20.5. The molecule has 2 aromatic carbocycles. The lowest BCUT2D eigenvalue weighted by atomic mass is 10.0. The van der Waals surface area contributed by atoms with Gasteiger partial charge in [0, 0.05) is 30.1 Å². The van der Waals surface area contributed by atoms with Crippen molar-refractivity contribution in [3.05, 3.63) is 136 Å². The van der Waals surface area contributed by atoms with E-state index < -0.39 is 0 Å². The van der Waals surface area contributed by atoms with Gasteiger partial charge in [-0.3, -0.25) is 9.59 Å². The summed E-state index contributed by atoms with van der Waals surface area (Å²) in [6.45, 7) is 2.31. The summed E-state index contributed by atoms with van der Waals surface area (Å²) in [5, 5.41) is 0. The van der Waals surface area contributed by atoms with E-state index in [1.165, 1.54) is 0 Å². The average Bonchev–Trinajstić information content (AvgIpc) is 3.75. The van der Waals surface area contributed by atoms with Crippen LogP contribution < -0.4 is 0 Å². The third-order valence-corrected chi connectivity index (χ3v) is 6.99. The number of H-pyrrole nitrogens is 2. The normalized spacial score (nSPS) is 13.5. The van der Waals surface area contributed by atoms with Crippen LogP contribution in [0.1, 0.15) is 45.8 Å². The van der Waals surface area contributed by atoms with E-state index in [0.717, 1.165) is 45.0 Å². The number of esters is 2. The number of ether oxygens (including phenoxy) is 3. The van der Waals surface area contributed by atoms with Crippen molar-refractivity contribution in [2.45, 2.75) is 39.4 Å². The Kier molecular flexibility index (Phi) is 9.13. The van der Waals surface area contributed by atoms with Crippen LogP contribution in [0.3, 0.4) is 0 Å². The number of carbonyl (C=O) groups is 2. The second-order valence-electron chi connectivity index (χ2n) is 9.91. The van der Waals surface area contributed by atoms with Crippen LogP contribution in [0.5, 0.6) is 0 Å². The first kappa shape index (κ1) is 28.4. The monoisotopic (exact) mass is 563 g/mol. The zero-order valence-corrected chi connectivity index (χ0v) is 23.7. The van der Waals surface area contributed by atoms with E-state index in [4.69, 9.17) is 19.2 Å². The van der Waals surface area contributed by atoms with Crippen LogP contribution in [0.25, 0.3) is 6.08 Å². The summed E-state index contributed by atoms with van der Waals surface area (Å²) in [4.78, 5) is 37.0.